The molecule has 1 aliphatic rings. The SMILES string of the molecule is COC1CN(C(=O)Nc2ccc(CN)cc2)CC1OC. The van der Waals surface area contributed by atoms with Crippen molar-refractivity contribution >= 4 is 11.7 Å². The maximum atomic E-state index is 12.2. The standard InChI is InChI=1S/C14H21N3O3/c1-19-12-8-17(9-13(12)20-2)14(18)16-11-5-3-10(7-15)4-6-11/h3-6,12-13H,7-9,15H2,1-2H3,(H,16,18). The number of ether oxygens (including phenoxy) is 2. The third kappa shape index (κ3) is 3.27. The molecule has 0 saturated carbocycles. The first kappa shape index (κ1) is 14.8. The van der Waals surface area contributed by atoms with E-state index in [0.717, 1.165) is 11.3 Å². The van der Waals surface area contributed by atoms with Crippen LogP contribution in [-0.4, -0.2) is 50.4 Å². The summed E-state index contributed by atoms with van der Waals surface area (Å²) >= 11 is 0. The van der Waals surface area contributed by atoms with Crippen molar-refractivity contribution in [2.75, 3.05) is 32.6 Å². The van der Waals surface area contributed by atoms with E-state index in [-0.39, 0.29) is 18.2 Å². The highest BCUT2D eigenvalue weighted by molar-refractivity contribution is 5.89. The summed E-state index contributed by atoms with van der Waals surface area (Å²) in [6.07, 6.45) is -0.157. The highest BCUT2D eigenvalue weighted by Crippen LogP contribution is 2.17. The molecule has 1 fully saturated rings. The highest BCUT2D eigenvalue weighted by Gasteiger charge is 2.35. The third-order valence-corrected chi connectivity index (χ3v) is 3.55. The Bertz CT molecular complexity index is 437. The average Bonchev–Trinajstić information content (AvgIpc) is 2.91. The van der Waals surface area contributed by atoms with Gasteiger partial charge in [0.25, 0.3) is 0 Å². The predicted octanol–water partition coefficient (Wildman–Crippen LogP) is 1.02. The lowest BCUT2D eigenvalue weighted by Crippen LogP contribution is -2.34. The van der Waals surface area contributed by atoms with Crippen LogP contribution in [0.15, 0.2) is 24.3 Å². The van der Waals surface area contributed by atoms with Crippen LogP contribution >= 0.6 is 0 Å². The summed E-state index contributed by atoms with van der Waals surface area (Å²) in [5.41, 5.74) is 7.32. The van der Waals surface area contributed by atoms with Gasteiger partial charge in [0.15, 0.2) is 0 Å². The normalized spacial score (nSPS) is 22.1. The Hall–Kier alpha value is -1.63. The number of carbonyl (C=O) groups is 1. The van der Waals surface area contributed by atoms with E-state index in [0.29, 0.717) is 19.6 Å². The number of likely N-dealkylation sites (tertiary alicyclic amines) is 1. The van der Waals surface area contributed by atoms with Crippen molar-refractivity contribution in [1.82, 2.24) is 4.90 Å². The summed E-state index contributed by atoms with van der Waals surface area (Å²) in [6, 6.07) is 7.34. The summed E-state index contributed by atoms with van der Waals surface area (Å²) in [5.74, 6) is 0. The molecule has 20 heavy (non-hydrogen) atoms. The van der Waals surface area contributed by atoms with Crippen LogP contribution in [0.25, 0.3) is 0 Å². The van der Waals surface area contributed by atoms with Gasteiger partial charge in [-0.15, -0.1) is 0 Å². The quantitative estimate of drug-likeness (QED) is 0.863. The van der Waals surface area contributed by atoms with Gasteiger partial charge in [0.05, 0.1) is 13.1 Å². The molecule has 1 saturated heterocycles. The van der Waals surface area contributed by atoms with Gasteiger partial charge in [-0.1, -0.05) is 12.1 Å². The first-order valence-electron chi connectivity index (χ1n) is 6.58. The number of hydrogen-bond donors (Lipinski definition) is 2. The zero-order valence-electron chi connectivity index (χ0n) is 11.8. The number of carbonyl (C=O) groups excluding carboxylic acids is 1. The Kier molecular flexibility index (Phi) is 4.94. The lowest BCUT2D eigenvalue weighted by atomic mass is 10.2. The summed E-state index contributed by atoms with van der Waals surface area (Å²) in [4.78, 5) is 13.9. The second-order valence-electron chi connectivity index (χ2n) is 4.78. The fourth-order valence-electron chi connectivity index (χ4n) is 2.29. The fourth-order valence-corrected chi connectivity index (χ4v) is 2.29. The number of amides is 2. The van der Waals surface area contributed by atoms with Gasteiger partial charge in [-0.2, -0.15) is 0 Å². The van der Waals surface area contributed by atoms with E-state index in [9.17, 15) is 4.79 Å². The minimum Gasteiger partial charge on any atom is -0.377 e. The molecular weight excluding hydrogens is 258 g/mol. The van der Waals surface area contributed by atoms with Gasteiger partial charge in [0.2, 0.25) is 0 Å². The second kappa shape index (κ2) is 6.69. The molecule has 0 bridgehead atoms. The third-order valence-electron chi connectivity index (χ3n) is 3.55. The van der Waals surface area contributed by atoms with Crippen molar-refractivity contribution in [3.63, 3.8) is 0 Å². The summed E-state index contributed by atoms with van der Waals surface area (Å²) < 4.78 is 10.6. The number of nitrogens with zero attached hydrogens (tertiary/aromatic N) is 1. The summed E-state index contributed by atoms with van der Waals surface area (Å²) in [6.45, 7) is 1.55. The Morgan fingerprint density at radius 1 is 1.25 bits per heavy atom. The minimum absolute atomic E-state index is 0.0784. The molecule has 0 radical (unpaired) electrons. The Morgan fingerprint density at radius 2 is 1.80 bits per heavy atom. The van der Waals surface area contributed by atoms with Crippen LogP contribution in [0.5, 0.6) is 0 Å². The molecule has 0 aliphatic carbocycles. The van der Waals surface area contributed by atoms with Crippen LogP contribution in [0.4, 0.5) is 10.5 Å². The monoisotopic (exact) mass is 279 g/mol. The highest BCUT2D eigenvalue weighted by atomic mass is 16.5. The fraction of sp³-hybridized carbons (Fsp3) is 0.500. The zero-order valence-corrected chi connectivity index (χ0v) is 11.8. The van der Waals surface area contributed by atoms with E-state index >= 15 is 0 Å². The topological polar surface area (TPSA) is 76.8 Å². The maximum absolute atomic E-state index is 12.2. The van der Waals surface area contributed by atoms with Crippen LogP contribution < -0.4 is 11.1 Å². The first-order valence-corrected chi connectivity index (χ1v) is 6.58. The Labute approximate surface area is 118 Å². The average molecular weight is 279 g/mol. The lowest BCUT2D eigenvalue weighted by Gasteiger charge is -2.16. The van der Waals surface area contributed by atoms with Gasteiger partial charge in [-0.3, -0.25) is 0 Å². The molecule has 6 heteroatoms. The Balaban J connectivity index is 1.94. The van der Waals surface area contributed by atoms with Crippen LogP contribution in [0.1, 0.15) is 5.56 Å². The van der Waals surface area contributed by atoms with E-state index in [2.05, 4.69) is 5.32 Å². The number of methoxy groups -OCH3 is 2. The zero-order chi connectivity index (χ0) is 14.5. The van der Waals surface area contributed by atoms with Gasteiger partial charge in [-0.05, 0) is 17.7 Å². The molecule has 0 spiro atoms. The minimum atomic E-state index is -0.146. The number of nitrogens with two attached hydrogens (primary N) is 1. The molecule has 3 N–H and O–H groups in total. The second-order valence-corrected chi connectivity index (χ2v) is 4.78. The van der Waals surface area contributed by atoms with Crippen LogP contribution in [0, 0.1) is 0 Å². The van der Waals surface area contributed by atoms with Gasteiger partial charge < -0.3 is 25.4 Å². The number of benzene rings is 1. The van der Waals surface area contributed by atoms with Crippen molar-refractivity contribution in [3.05, 3.63) is 29.8 Å². The van der Waals surface area contributed by atoms with Gasteiger partial charge in [-0.25, -0.2) is 4.79 Å². The molecule has 6 nitrogen and oxygen atoms in total. The van der Waals surface area contributed by atoms with E-state index in [1.165, 1.54) is 0 Å². The van der Waals surface area contributed by atoms with Gasteiger partial charge in [0, 0.05) is 26.5 Å². The molecule has 1 aromatic rings. The lowest BCUT2D eigenvalue weighted by molar-refractivity contribution is -0.00461. The van der Waals surface area contributed by atoms with E-state index in [4.69, 9.17) is 15.2 Å². The van der Waals surface area contributed by atoms with E-state index < -0.39 is 0 Å². The molecule has 2 rings (SSSR count). The van der Waals surface area contributed by atoms with Gasteiger partial charge in [0.1, 0.15) is 12.2 Å². The molecule has 2 unspecified atom stereocenters. The molecule has 1 aliphatic heterocycles. The molecule has 110 valence electrons. The smallest absolute Gasteiger partial charge is 0.322 e. The molecular formula is C14H21N3O3. The van der Waals surface area contributed by atoms with Crippen LogP contribution in [0.2, 0.25) is 0 Å². The number of anilines is 1. The first-order chi connectivity index (χ1) is 9.67. The van der Waals surface area contributed by atoms with E-state index in [1.807, 2.05) is 24.3 Å². The number of nitrogens with one attached hydrogen (secondary N) is 1. The molecule has 1 heterocycles. The predicted molar refractivity (Wildman–Crippen MR) is 76.5 cm³/mol. The molecule has 2 amide bonds. The van der Waals surface area contributed by atoms with Crippen LogP contribution in [-0.2, 0) is 16.0 Å². The molecule has 1 aromatic carbocycles. The number of hydrogen-bond acceptors (Lipinski definition) is 4. The van der Waals surface area contributed by atoms with Crippen molar-refractivity contribution in [1.29, 1.82) is 0 Å². The van der Waals surface area contributed by atoms with E-state index in [1.54, 1.807) is 19.1 Å². The van der Waals surface area contributed by atoms with Crippen LogP contribution in [0.3, 0.4) is 0 Å². The largest absolute Gasteiger partial charge is 0.377 e. The van der Waals surface area contributed by atoms with Crippen molar-refractivity contribution in [3.8, 4) is 0 Å². The van der Waals surface area contributed by atoms with Crippen molar-refractivity contribution in [2.45, 2.75) is 18.8 Å². The summed E-state index contributed by atoms with van der Waals surface area (Å²) in [5, 5.41) is 2.86. The summed E-state index contributed by atoms with van der Waals surface area (Å²) in [7, 11) is 3.26. The van der Waals surface area contributed by atoms with Crippen molar-refractivity contribution in [2.24, 2.45) is 5.73 Å². The number of urea groups is 1. The molecule has 2 atom stereocenters. The van der Waals surface area contributed by atoms with Gasteiger partial charge >= 0.3 is 6.03 Å². The molecule has 0 aromatic heterocycles. The maximum Gasteiger partial charge on any atom is 0.322 e. The van der Waals surface area contributed by atoms with Crippen molar-refractivity contribution < 1.29 is 14.3 Å². The number of rotatable bonds is 4. The Morgan fingerprint density at radius 3 is 2.25 bits per heavy atom.